The number of hydrogen-bond acceptors (Lipinski definition) is 7. The molecule has 4 rings (SSSR count). The smallest absolute Gasteiger partial charge is 0.336 e. The highest BCUT2D eigenvalue weighted by molar-refractivity contribution is 6.03. The van der Waals surface area contributed by atoms with Crippen LogP contribution >= 0.6 is 0 Å². The zero-order valence-corrected chi connectivity index (χ0v) is 17.3. The molecule has 3 aliphatic rings. The topological polar surface area (TPSA) is 94.1 Å². The van der Waals surface area contributed by atoms with Crippen LogP contribution in [0.5, 0.6) is 11.5 Å². The molecule has 2 N–H and O–H groups in total. The van der Waals surface area contributed by atoms with Crippen molar-refractivity contribution in [3.8, 4) is 11.5 Å². The number of carbonyl (C=O) groups is 2. The molecule has 1 aromatic carbocycles. The van der Waals surface area contributed by atoms with Gasteiger partial charge in [-0.1, -0.05) is 6.07 Å². The Hall–Kier alpha value is -2.80. The van der Waals surface area contributed by atoms with E-state index < -0.39 is 11.9 Å². The first-order valence-electron chi connectivity index (χ1n) is 10.4. The first-order chi connectivity index (χ1) is 14.5. The molecule has 2 unspecified atom stereocenters. The van der Waals surface area contributed by atoms with Crippen LogP contribution < -0.4 is 10.1 Å². The summed E-state index contributed by atoms with van der Waals surface area (Å²) in [4.78, 5) is 26.0. The zero-order chi connectivity index (χ0) is 21.3. The number of aromatic hydroxyl groups is 1. The van der Waals surface area contributed by atoms with Gasteiger partial charge in [0.2, 0.25) is 0 Å². The maximum absolute atomic E-state index is 13.1. The van der Waals surface area contributed by atoms with Crippen molar-refractivity contribution in [3.63, 3.8) is 0 Å². The van der Waals surface area contributed by atoms with Gasteiger partial charge in [0.15, 0.2) is 17.3 Å². The fourth-order valence-electron chi connectivity index (χ4n) is 4.50. The first kappa shape index (κ1) is 20.5. The summed E-state index contributed by atoms with van der Waals surface area (Å²) >= 11 is 0. The molecule has 7 heteroatoms. The van der Waals surface area contributed by atoms with Gasteiger partial charge >= 0.3 is 5.97 Å². The second-order valence-electron chi connectivity index (χ2n) is 7.93. The van der Waals surface area contributed by atoms with Gasteiger partial charge in [0.05, 0.1) is 18.8 Å². The molecule has 1 saturated heterocycles. The molecule has 1 aromatic rings. The summed E-state index contributed by atoms with van der Waals surface area (Å²) in [5.41, 5.74) is 3.15. The van der Waals surface area contributed by atoms with Gasteiger partial charge in [0, 0.05) is 35.9 Å². The van der Waals surface area contributed by atoms with Gasteiger partial charge in [-0.05, 0) is 50.3 Å². The number of dihydropyridines is 1. The Morgan fingerprint density at radius 3 is 2.83 bits per heavy atom. The number of nitrogens with one attached hydrogen (secondary N) is 1. The Bertz CT molecular complexity index is 926. The zero-order valence-electron chi connectivity index (χ0n) is 17.3. The fraction of sp³-hybridized carbons (Fsp3) is 0.478. The average Bonchev–Trinajstić information content (AvgIpc) is 3.25. The maximum Gasteiger partial charge on any atom is 0.336 e. The summed E-state index contributed by atoms with van der Waals surface area (Å²) < 4.78 is 16.3. The molecule has 30 heavy (non-hydrogen) atoms. The molecule has 160 valence electrons. The molecule has 0 saturated carbocycles. The number of Topliss-reactive ketones (excluding diaryl/α,β-unsaturated/α-hetero) is 1. The molecule has 0 aromatic heterocycles. The van der Waals surface area contributed by atoms with Crippen LogP contribution in [0.3, 0.4) is 0 Å². The highest BCUT2D eigenvalue weighted by atomic mass is 16.6. The highest BCUT2D eigenvalue weighted by Crippen LogP contribution is 2.44. The highest BCUT2D eigenvalue weighted by Gasteiger charge is 2.39. The number of allylic oxidation sites excluding steroid dienone is 3. The first-order valence-corrected chi connectivity index (χ1v) is 10.4. The van der Waals surface area contributed by atoms with Crippen LogP contribution in [0.15, 0.2) is 40.7 Å². The second kappa shape index (κ2) is 8.52. The third-order valence-electron chi connectivity index (χ3n) is 5.96. The Labute approximate surface area is 175 Å². The lowest BCUT2D eigenvalue weighted by molar-refractivity contribution is -0.142. The van der Waals surface area contributed by atoms with Crippen LogP contribution in [-0.4, -0.2) is 43.3 Å². The standard InChI is InChI=1S/C23H27NO6/c1-13-20(23(27)30-12-15-5-4-10-29-15)21(14-8-9-19(28-2)18(26)11-14)22-16(24-13)6-3-7-17(22)25/h8-9,11,15,21,24,26H,3-7,10,12H2,1-2H3. The van der Waals surface area contributed by atoms with Crippen molar-refractivity contribution in [1.29, 1.82) is 0 Å². The number of benzene rings is 1. The minimum atomic E-state index is -0.595. The minimum absolute atomic E-state index is 0.0148. The van der Waals surface area contributed by atoms with Crippen LogP contribution in [0.1, 0.15) is 50.5 Å². The molecule has 1 aliphatic carbocycles. The van der Waals surface area contributed by atoms with E-state index in [9.17, 15) is 14.7 Å². The number of hydrogen-bond donors (Lipinski definition) is 2. The number of esters is 1. The summed E-state index contributed by atoms with van der Waals surface area (Å²) in [6.07, 6.45) is 3.71. The van der Waals surface area contributed by atoms with E-state index in [0.717, 1.165) is 31.4 Å². The van der Waals surface area contributed by atoms with Crippen molar-refractivity contribution in [1.82, 2.24) is 5.32 Å². The van der Waals surface area contributed by atoms with E-state index in [2.05, 4.69) is 5.32 Å². The number of rotatable bonds is 5. The third kappa shape index (κ3) is 3.81. The number of carbonyl (C=O) groups excluding carboxylic acids is 2. The maximum atomic E-state index is 13.1. The molecule has 0 amide bonds. The van der Waals surface area contributed by atoms with E-state index in [1.54, 1.807) is 18.2 Å². The fourth-order valence-corrected chi connectivity index (χ4v) is 4.50. The van der Waals surface area contributed by atoms with Crippen LogP contribution in [0.25, 0.3) is 0 Å². The summed E-state index contributed by atoms with van der Waals surface area (Å²) in [5, 5.41) is 13.6. The lowest BCUT2D eigenvalue weighted by Crippen LogP contribution is -2.35. The van der Waals surface area contributed by atoms with Crippen molar-refractivity contribution < 1.29 is 28.9 Å². The normalized spacial score (nSPS) is 23.9. The van der Waals surface area contributed by atoms with Crippen LogP contribution in [0.4, 0.5) is 0 Å². The van der Waals surface area contributed by atoms with E-state index in [1.807, 2.05) is 6.92 Å². The molecular weight excluding hydrogens is 386 g/mol. The number of phenols is 1. The van der Waals surface area contributed by atoms with Crippen LogP contribution in [0.2, 0.25) is 0 Å². The van der Waals surface area contributed by atoms with Gasteiger partial charge in [-0.2, -0.15) is 0 Å². The SMILES string of the molecule is COc1ccc(C2C(C(=O)OCC3CCCO3)=C(C)NC3=C2C(=O)CCC3)cc1O. The number of methoxy groups -OCH3 is 1. The second-order valence-corrected chi connectivity index (χ2v) is 7.93. The van der Waals surface area contributed by atoms with Crippen molar-refractivity contribution in [2.75, 3.05) is 20.3 Å². The Morgan fingerprint density at radius 2 is 2.13 bits per heavy atom. The van der Waals surface area contributed by atoms with Crippen molar-refractivity contribution >= 4 is 11.8 Å². The molecule has 1 fully saturated rings. The van der Waals surface area contributed by atoms with Gasteiger partial charge in [0.25, 0.3) is 0 Å². The molecular formula is C23H27NO6. The summed E-state index contributed by atoms with van der Waals surface area (Å²) in [5.74, 6) is -0.756. The lowest BCUT2D eigenvalue weighted by Gasteiger charge is -2.34. The van der Waals surface area contributed by atoms with Gasteiger partial charge in [0.1, 0.15) is 6.61 Å². The summed E-state index contributed by atoms with van der Waals surface area (Å²) in [6, 6.07) is 4.98. The van der Waals surface area contributed by atoms with E-state index in [1.165, 1.54) is 7.11 Å². The quantitative estimate of drug-likeness (QED) is 0.717. The molecule has 2 aliphatic heterocycles. The van der Waals surface area contributed by atoms with Gasteiger partial charge in [-0.25, -0.2) is 4.79 Å². The van der Waals surface area contributed by atoms with E-state index in [4.69, 9.17) is 14.2 Å². The molecule has 2 heterocycles. The largest absolute Gasteiger partial charge is 0.504 e. The average molecular weight is 413 g/mol. The van der Waals surface area contributed by atoms with E-state index in [0.29, 0.717) is 41.2 Å². The predicted octanol–water partition coefficient (Wildman–Crippen LogP) is 3.09. The summed E-state index contributed by atoms with van der Waals surface area (Å²) in [6.45, 7) is 2.70. The Morgan fingerprint density at radius 1 is 1.30 bits per heavy atom. The third-order valence-corrected chi connectivity index (χ3v) is 5.96. The molecule has 0 radical (unpaired) electrons. The number of ether oxygens (including phenoxy) is 3. The van der Waals surface area contributed by atoms with Crippen LogP contribution in [0, 0.1) is 0 Å². The minimum Gasteiger partial charge on any atom is -0.504 e. The predicted molar refractivity (Wildman–Crippen MR) is 109 cm³/mol. The molecule has 2 atom stereocenters. The van der Waals surface area contributed by atoms with Crippen molar-refractivity contribution in [3.05, 3.63) is 46.3 Å². The monoisotopic (exact) mass is 413 g/mol. The molecule has 0 bridgehead atoms. The lowest BCUT2D eigenvalue weighted by atomic mass is 9.75. The van der Waals surface area contributed by atoms with E-state index >= 15 is 0 Å². The van der Waals surface area contributed by atoms with Crippen molar-refractivity contribution in [2.24, 2.45) is 0 Å². The number of ketones is 1. The Balaban J connectivity index is 1.71. The van der Waals surface area contributed by atoms with Crippen molar-refractivity contribution in [2.45, 2.75) is 51.0 Å². The molecule has 7 nitrogen and oxygen atoms in total. The van der Waals surface area contributed by atoms with Crippen LogP contribution in [-0.2, 0) is 19.1 Å². The van der Waals surface area contributed by atoms with Gasteiger partial charge in [-0.3, -0.25) is 4.79 Å². The number of phenolic OH excluding ortho intramolecular Hbond substituents is 1. The van der Waals surface area contributed by atoms with Gasteiger partial charge < -0.3 is 24.6 Å². The van der Waals surface area contributed by atoms with E-state index in [-0.39, 0.29) is 24.2 Å². The Kier molecular flexibility index (Phi) is 5.81. The van der Waals surface area contributed by atoms with Gasteiger partial charge in [-0.15, -0.1) is 0 Å². The molecule has 0 spiro atoms. The summed E-state index contributed by atoms with van der Waals surface area (Å²) in [7, 11) is 1.47.